The number of hydrogen-bond donors (Lipinski definition) is 0. The fourth-order valence-electron chi connectivity index (χ4n) is 1.53. The van der Waals surface area contributed by atoms with Crippen LogP contribution in [0, 0.1) is 5.92 Å². The van der Waals surface area contributed by atoms with Crippen LogP contribution in [0.25, 0.3) is 0 Å². The molecule has 1 heterocycles. The molecular formula is C11H17NO5. The molecule has 0 aliphatic carbocycles. The van der Waals surface area contributed by atoms with E-state index < -0.39 is 29.5 Å². The first-order valence-corrected chi connectivity index (χ1v) is 5.36. The maximum atomic E-state index is 11.7. The van der Waals surface area contributed by atoms with E-state index in [4.69, 9.17) is 4.74 Å². The van der Waals surface area contributed by atoms with Crippen molar-refractivity contribution in [2.45, 2.75) is 32.8 Å². The molecule has 1 atom stereocenters. The Balaban J connectivity index is 2.65. The minimum absolute atomic E-state index is 0.00802. The van der Waals surface area contributed by atoms with Crippen molar-refractivity contribution >= 4 is 18.0 Å². The molecule has 96 valence electrons. The molecule has 1 aliphatic heterocycles. The van der Waals surface area contributed by atoms with Crippen LogP contribution in [0.3, 0.4) is 0 Å². The van der Waals surface area contributed by atoms with E-state index in [0.717, 1.165) is 4.90 Å². The SMILES string of the molecule is COC(=O)C1CC(=O)N(C(=O)OC(C)(C)C)C1. The van der Waals surface area contributed by atoms with E-state index in [1.165, 1.54) is 7.11 Å². The zero-order valence-electron chi connectivity index (χ0n) is 10.5. The molecule has 6 heteroatoms. The predicted octanol–water partition coefficient (Wildman–Crippen LogP) is 0.943. The number of hydrogen-bond acceptors (Lipinski definition) is 5. The summed E-state index contributed by atoms with van der Waals surface area (Å²) in [5, 5.41) is 0. The fraction of sp³-hybridized carbons (Fsp3) is 0.727. The van der Waals surface area contributed by atoms with Gasteiger partial charge in [0, 0.05) is 13.0 Å². The summed E-state index contributed by atoms with van der Waals surface area (Å²) >= 11 is 0. The van der Waals surface area contributed by atoms with Gasteiger partial charge in [0.05, 0.1) is 13.0 Å². The van der Waals surface area contributed by atoms with E-state index in [2.05, 4.69) is 4.74 Å². The Kier molecular flexibility index (Phi) is 3.75. The minimum atomic E-state index is -0.714. The molecular weight excluding hydrogens is 226 g/mol. The number of amides is 2. The summed E-state index contributed by atoms with van der Waals surface area (Å²) in [4.78, 5) is 35.4. The van der Waals surface area contributed by atoms with Crippen LogP contribution in [0.5, 0.6) is 0 Å². The Bertz CT molecular complexity index is 344. The maximum absolute atomic E-state index is 11.7. The molecule has 0 N–H and O–H groups in total. The lowest BCUT2D eigenvalue weighted by Gasteiger charge is -2.23. The van der Waals surface area contributed by atoms with Crippen molar-refractivity contribution in [3.63, 3.8) is 0 Å². The Hall–Kier alpha value is -1.59. The molecule has 2 amide bonds. The number of esters is 1. The standard InChI is InChI=1S/C11H17NO5/c1-11(2,3)17-10(15)12-6-7(5-8(12)13)9(14)16-4/h7H,5-6H2,1-4H3. The lowest BCUT2D eigenvalue weighted by molar-refractivity contribution is -0.145. The smallest absolute Gasteiger partial charge is 0.417 e. The van der Waals surface area contributed by atoms with Gasteiger partial charge in [-0.1, -0.05) is 0 Å². The van der Waals surface area contributed by atoms with Gasteiger partial charge < -0.3 is 9.47 Å². The highest BCUT2D eigenvalue weighted by Crippen LogP contribution is 2.21. The zero-order chi connectivity index (χ0) is 13.2. The molecule has 17 heavy (non-hydrogen) atoms. The number of rotatable bonds is 1. The Labute approximate surface area is 99.9 Å². The second-order valence-electron chi connectivity index (χ2n) is 4.91. The highest BCUT2D eigenvalue weighted by Gasteiger charge is 2.40. The zero-order valence-corrected chi connectivity index (χ0v) is 10.5. The third-order valence-corrected chi connectivity index (χ3v) is 2.27. The van der Waals surface area contributed by atoms with E-state index in [9.17, 15) is 14.4 Å². The maximum Gasteiger partial charge on any atom is 0.417 e. The monoisotopic (exact) mass is 243 g/mol. The molecule has 1 saturated heterocycles. The van der Waals surface area contributed by atoms with Crippen LogP contribution in [0.15, 0.2) is 0 Å². The summed E-state index contributed by atoms with van der Waals surface area (Å²) < 4.78 is 9.61. The first-order valence-electron chi connectivity index (χ1n) is 5.36. The molecule has 0 aromatic heterocycles. The first kappa shape index (κ1) is 13.5. The van der Waals surface area contributed by atoms with E-state index in [1.54, 1.807) is 20.8 Å². The molecule has 1 unspecified atom stereocenters. The molecule has 0 aromatic carbocycles. The minimum Gasteiger partial charge on any atom is -0.469 e. The van der Waals surface area contributed by atoms with Crippen molar-refractivity contribution in [2.75, 3.05) is 13.7 Å². The van der Waals surface area contributed by atoms with Crippen molar-refractivity contribution in [1.82, 2.24) is 4.90 Å². The van der Waals surface area contributed by atoms with Gasteiger partial charge in [0.1, 0.15) is 5.60 Å². The average molecular weight is 243 g/mol. The normalized spacial score (nSPS) is 20.4. The van der Waals surface area contributed by atoms with E-state index in [-0.39, 0.29) is 13.0 Å². The van der Waals surface area contributed by atoms with Crippen LogP contribution in [-0.2, 0) is 19.1 Å². The quantitative estimate of drug-likeness (QED) is 0.641. The van der Waals surface area contributed by atoms with Crippen LogP contribution in [0.4, 0.5) is 4.79 Å². The second-order valence-corrected chi connectivity index (χ2v) is 4.91. The van der Waals surface area contributed by atoms with E-state index >= 15 is 0 Å². The van der Waals surface area contributed by atoms with Gasteiger partial charge in [-0.05, 0) is 20.8 Å². The van der Waals surface area contributed by atoms with Gasteiger partial charge >= 0.3 is 12.1 Å². The van der Waals surface area contributed by atoms with Crippen molar-refractivity contribution in [1.29, 1.82) is 0 Å². The van der Waals surface area contributed by atoms with Crippen LogP contribution < -0.4 is 0 Å². The Morgan fingerprint density at radius 1 is 1.35 bits per heavy atom. The summed E-state index contributed by atoms with van der Waals surface area (Å²) in [5.41, 5.74) is -0.666. The van der Waals surface area contributed by atoms with Crippen molar-refractivity contribution in [3.8, 4) is 0 Å². The molecule has 1 rings (SSSR count). The average Bonchev–Trinajstić information content (AvgIpc) is 2.56. The van der Waals surface area contributed by atoms with Crippen molar-refractivity contribution < 1.29 is 23.9 Å². The van der Waals surface area contributed by atoms with E-state index in [1.807, 2.05) is 0 Å². The van der Waals surface area contributed by atoms with Gasteiger partial charge in [-0.15, -0.1) is 0 Å². The Morgan fingerprint density at radius 2 is 1.94 bits per heavy atom. The second kappa shape index (κ2) is 4.73. The van der Waals surface area contributed by atoms with Gasteiger partial charge in [-0.25, -0.2) is 9.69 Å². The summed E-state index contributed by atoms with van der Waals surface area (Å²) in [5.74, 6) is -1.47. The largest absolute Gasteiger partial charge is 0.469 e. The van der Waals surface area contributed by atoms with Crippen molar-refractivity contribution in [2.24, 2.45) is 5.92 Å². The summed E-state index contributed by atoms with van der Waals surface area (Å²) in [7, 11) is 1.25. The van der Waals surface area contributed by atoms with Gasteiger partial charge in [-0.2, -0.15) is 0 Å². The topological polar surface area (TPSA) is 72.9 Å². The van der Waals surface area contributed by atoms with Crippen LogP contribution >= 0.6 is 0 Å². The predicted molar refractivity (Wildman–Crippen MR) is 58.1 cm³/mol. The molecule has 1 aliphatic rings. The van der Waals surface area contributed by atoms with Crippen LogP contribution in [-0.4, -0.2) is 42.1 Å². The number of ether oxygens (including phenoxy) is 2. The Morgan fingerprint density at radius 3 is 2.41 bits per heavy atom. The number of carbonyl (C=O) groups is 3. The molecule has 0 bridgehead atoms. The van der Waals surface area contributed by atoms with Gasteiger partial charge in [-0.3, -0.25) is 9.59 Å². The number of carbonyl (C=O) groups excluding carboxylic acids is 3. The van der Waals surface area contributed by atoms with Gasteiger partial charge in [0.15, 0.2) is 0 Å². The van der Waals surface area contributed by atoms with Gasteiger partial charge in [0.2, 0.25) is 5.91 Å². The number of likely N-dealkylation sites (tertiary alicyclic amines) is 1. The molecule has 0 spiro atoms. The number of nitrogens with zero attached hydrogens (tertiary/aromatic N) is 1. The molecule has 0 radical (unpaired) electrons. The summed E-state index contributed by atoms with van der Waals surface area (Å²) in [6.45, 7) is 5.16. The molecule has 0 aromatic rings. The lowest BCUT2D eigenvalue weighted by Crippen LogP contribution is -2.38. The van der Waals surface area contributed by atoms with Crippen LogP contribution in [0.2, 0.25) is 0 Å². The summed E-state index contributed by atoms with van der Waals surface area (Å²) in [6.07, 6.45) is -0.722. The highest BCUT2D eigenvalue weighted by molar-refractivity contribution is 5.97. The third kappa shape index (κ3) is 3.44. The molecule has 0 saturated carbocycles. The number of methoxy groups -OCH3 is 1. The lowest BCUT2D eigenvalue weighted by atomic mass is 10.1. The first-order chi connectivity index (χ1) is 7.74. The number of imide groups is 1. The third-order valence-electron chi connectivity index (χ3n) is 2.27. The molecule has 1 fully saturated rings. The van der Waals surface area contributed by atoms with E-state index in [0.29, 0.717) is 0 Å². The highest BCUT2D eigenvalue weighted by atomic mass is 16.6. The summed E-state index contributed by atoms with van der Waals surface area (Å²) in [6, 6.07) is 0. The van der Waals surface area contributed by atoms with Crippen LogP contribution in [0.1, 0.15) is 27.2 Å². The van der Waals surface area contributed by atoms with Gasteiger partial charge in [0.25, 0.3) is 0 Å². The molecule has 6 nitrogen and oxygen atoms in total. The van der Waals surface area contributed by atoms with Crippen molar-refractivity contribution in [3.05, 3.63) is 0 Å². The fourth-order valence-corrected chi connectivity index (χ4v) is 1.53.